The first-order chi connectivity index (χ1) is 9.95. The fraction of sp³-hybridized carbons (Fsp3) is 0.133. The van der Waals surface area contributed by atoms with Gasteiger partial charge in [-0.3, -0.25) is 4.79 Å². The van der Waals surface area contributed by atoms with Crippen LogP contribution >= 0.6 is 15.9 Å². The average Bonchev–Trinajstić information content (AvgIpc) is 2.42. The molecule has 0 aliphatic rings. The maximum atomic E-state index is 13.6. The molecule has 0 bridgehead atoms. The Balaban J connectivity index is 1.97. The summed E-state index contributed by atoms with van der Waals surface area (Å²) in [6.07, 6.45) is 0.588. The zero-order chi connectivity index (χ0) is 15.4. The van der Waals surface area contributed by atoms with Gasteiger partial charge in [-0.25, -0.2) is 8.78 Å². The number of halogens is 3. The maximum Gasteiger partial charge on any atom is 0.224 e. The van der Waals surface area contributed by atoms with Gasteiger partial charge in [-0.05, 0) is 36.2 Å². The Kier molecular flexibility index (Phi) is 4.90. The third kappa shape index (κ3) is 4.26. The van der Waals surface area contributed by atoms with Crippen molar-refractivity contribution in [1.82, 2.24) is 0 Å². The first-order valence-electron chi connectivity index (χ1n) is 6.24. The predicted octanol–water partition coefficient (Wildman–Crippen LogP) is 3.88. The molecule has 21 heavy (non-hydrogen) atoms. The zero-order valence-corrected chi connectivity index (χ0v) is 12.6. The van der Waals surface area contributed by atoms with Crippen LogP contribution in [0.1, 0.15) is 12.0 Å². The van der Waals surface area contributed by atoms with E-state index in [1.54, 1.807) is 12.1 Å². The van der Waals surface area contributed by atoms with Crippen LogP contribution < -0.4 is 11.1 Å². The third-order valence-electron chi connectivity index (χ3n) is 2.89. The minimum atomic E-state index is -0.817. The van der Waals surface area contributed by atoms with Gasteiger partial charge >= 0.3 is 0 Å². The van der Waals surface area contributed by atoms with Crippen LogP contribution in [-0.4, -0.2) is 5.91 Å². The average molecular weight is 355 g/mol. The van der Waals surface area contributed by atoms with E-state index in [4.69, 9.17) is 5.73 Å². The van der Waals surface area contributed by atoms with Crippen LogP contribution in [0.2, 0.25) is 0 Å². The summed E-state index contributed by atoms with van der Waals surface area (Å²) in [7, 11) is 0. The fourth-order valence-electron chi connectivity index (χ4n) is 1.81. The van der Waals surface area contributed by atoms with Gasteiger partial charge in [0, 0.05) is 16.6 Å². The number of nitrogens with one attached hydrogen (secondary N) is 1. The van der Waals surface area contributed by atoms with Gasteiger partial charge in [-0.1, -0.05) is 28.1 Å². The lowest BCUT2D eigenvalue weighted by atomic mass is 10.1. The number of anilines is 2. The van der Waals surface area contributed by atoms with Gasteiger partial charge in [-0.15, -0.1) is 0 Å². The molecule has 0 spiro atoms. The van der Waals surface area contributed by atoms with Crippen LogP contribution in [0, 0.1) is 11.6 Å². The van der Waals surface area contributed by atoms with E-state index in [2.05, 4.69) is 21.2 Å². The van der Waals surface area contributed by atoms with Crippen LogP contribution in [0.4, 0.5) is 20.2 Å². The Morgan fingerprint density at radius 2 is 1.71 bits per heavy atom. The lowest BCUT2D eigenvalue weighted by molar-refractivity contribution is -0.116. The van der Waals surface area contributed by atoms with Gasteiger partial charge in [-0.2, -0.15) is 0 Å². The molecular weight excluding hydrogens is 342 g/mol. The number of benzene rings is 2. The number of nitrogens with two attached hydrogens (primary N) is 1. The van der Waals surface area contributed by atoms with Gasteiger partial charge in [0.25, 0.3) is 0 Å². The van der Waals surface area contributed by atoms with Crippen molar-refractivity contribution >= 4 is 33.2 Å². The van der Waals surface area contributed by atoms with Crippen molar-refractivity contribution in [2.24, 2.45) is 0 Å². The van der Waals surface area contributed by atoms with E-state index in [1.165, 1.54) is 0 Å². The van der Waals surface area contributed by atoms with Crippen LogP contribution in [0.25, 0.3) is 0 Å². The van der Waals surface area contributed by atoms with Crippen molar-refractivity contribution in [3.8, 4) is 0 Å². The topological polar surface area (TPSA) is 55.1 Å². The van der Waals surface area contributed by atoms with Gasteiger partial charge in [0.05, 0.1) is 0 Å². The van der Waals surface area contributed by atoms with Crippen LogP contribution in [0.5, 0.6) is 0 Å². The molecule has 0 radical (unpaired) electrons. The quantitative estimate of drug-likeness (QED) is 0.818. The SMILES string of the molecule is Nc1ccc(CCC(=O)Nc2c(F)cc(Br)cc2F)cc1. The van der Waals surface area contributed by atoms with E-state index in [-0.39, 0.29) is 10.9 Å². The van der Waals surface area contributed by atoms with E-state index in [1.807, 2.05) is 12.1 Å². The van der Waals surface area contributed by atoms with Crippen molar-refractivity contribution in [3.63, 3.8) is 0 Å². The highest BCUT2D eigenvalue weighted by Crippen LogP contribution is 2.24. The van der Waals surface area contributed by atoms with Gasteiger partial charge in [0.15, 0.2) is 11.6 Å². The summed E-state index contributed by atoms with van der Waals surface area (Å²) < 4.78 is 27.4. The Hall–Kier alpha value is -1.95. The molecule has 0 aliphatic heterocycles. The minimum Gasteiger partial charge on any atom is -0.399 e. The molecule has 0 aromatic heterocycles. The highest BCUT2D eigenvalue weighted by molar-refractivity contribution is 9.10. The van der Waals surface area contributed by atoms with Gasteiger partial charge in [0.2, 0.25) is 5.91 Å². The highest BCUT2D eigenvalue weighted by Gasteiger charge is 2.13. The lowest BCUT2D eigenvalue weighted by Crippen LogP contribution is -2.14. The summed E-state index contributed by atoms with van der Waals surface area (Å²) in [6, 6.07) is 9.28. The van der Waals surface area contributed by atoms with E-state index >= 15 is 0 Å². The second-order valence-corrected chi connectivity index (χ2v) is 5.45. The van der Waals surface area contributed by atoms with Gasteiger partial charge in [0.1, 0.15) is 5.69 Å². The molecule has 1 amide bonds. The molecule has 2 aromatic rings. The molecule has 0 saturated carbocycles. The second-order valence-electron chi connectivity index (χ2n) is 4.53. The molecule has 3 nitrogen and oxygen atoms in total. The number of amides is 1. The first kappa shape index (κ1) is 15.4. The molecule has 0 saturated heterocycles. The molecule has 0 unspecified atom stereocenters. The van der Waals surface area contributed by atoms with Crippen molar-refractivity contribution < 1.29 is 13.6 Å². The largest absolute Gasteiger partial charge is 0.399 e. The minimum absolute atomic E-state index is 0.124. The number of rotatable bonds is 4. The van der Waals surface area contributed by atoms with Crippen molar-refractivity contribution in [2.75, 3.05) is 11.1 Å². The van der Waals surface area contributed by atoms with Crippen LogP contribution in [0.15, 0.2) is 40.9 Å². The molecule has 110 valence electrons. The number of carbonyl (C=O) groups excluding carboxylic acids is 1. The Morgan fingerprint density at radius 1 is 1.14 bits per heavy atom. The van der Waals surface area contributed by atoms with Gasteiger partial charge < -0.3 is 11.1 Å². The molecular formula is C15H13BrF2N2O. The second kappa shape index (κ2) is 6.67. The summed E-state index contributed by atoms with van der Waals surface area (Å²) in [4.78, 5) is 11.8. The maximum absolute atomic E-state index is 13.6. The molecule has 2 aromatic carbocycles. The number of nitrogen functional groups attached to an aromatic ring is 1. The summed E-state index contributed by atoms with van der Waals surface area (Å²) in [5, 5.41) is 2.25. The predicted molar refractivity (Wildman–Crippen MR) is 81.9 cm³/mol. The number of carbonyl (C=O) groups is 1. The standard InChI is InChI=1S/C15H13BrF2N2O/c16-10-7-12(17)15(13(18)8-10)20-14(21)6-3-9-1-4-11(19)5-2-9/h1-2,4-5,7-8H,3,6,19H2,(H,20,21). The Bertz CT molecular complexity index is 636. The molecule has 0 aliphatic carbocycles. The molecule has 3 N–H and O–H groups in total. The molecule has 0 heterocycles. The molecule has 0 fully saturated rings. The van der Waals surface area contributed by atoms with E-state index in [9.17, 15) is 13.6 Å². The van der Waals surface area contributed by atoms with Crippen molar-refractivity contribution in [3.05, 3.63) is 58.1 Å². The smallest absolute Gasteiger partial charge is 0.224 e. The van der Waals surface area contributed by atoms with E-state index in [0.29, 0.717) is 12.1 Å². The summed E-state index contributed by atoms with van der Waals surface area (Å²) in [5.74, 6) is -2.09. The summed E-state index contributed by atoms with van der Waals surface area (Å²) in [6.45, 7) is 0. The van der Waals surface area contributed by atoms with Crippen LogP contribution in [-0.2, 0) is 11.2 Å². The molecule has 6 heteroatoms. The number of aryl methyl sites for hydroxylation is 1. The van der Waals surface area contributed by atoms with Crippen LogP contribution in [0.3, 0.4) is 0 Å². The Labute approximate surface area is 129 Å². The number of hydrogen-bond donors (Lipinski definition) is 2. The highest BCUT2D eigenvalue weighted by atomic mass is 79.9. The summed E-state index contributed by atoms with van der Waals surface area (Å²) in [5.41, 5.74) is 6.70. The fourth-order valence-corrected chi connectivity index (χ4v) is 2.21. The van der Waals surface area contributed by atoms with Crippen molar-refractivity contribution in [2.45, 2.75) is 12.8 Å². The van der Waals surface area contributed by atoms with Crippen molar-refractivity contribution in [1.29, 1.82) is 0 Å². The first-order valence-corrected chi connectivity index (χ1v) is 7.04. The third-order valence-corrected chi connectivity index (χ3v) is 3.35. The normalized spacial score (nSPS) is 10.4. The lowest BCUT2D eigenvalue weighted by Gasteiger charge is -2.08. The van der Waals surface area contributed by atoms with E-state index in [0.717, 1.165) is 17.7 Å². The molecule has 2 rings (SSSR count). The van der Waals surface area contributed by atoms with E-state index < -0.39 is 23.2 Å². The Morgan fingerprint density at radius 3 is 2.29 bits per heavy atom. The monoisotopic (exact) mass is 354 g/mol. The molecule has 0 atom stereocenters. The zero-order valence-electron chi connectivity index (χ0n) is 11.0. The summed E-state index contributed by atoms with van der Waals surface area (Å²) >= 11 is 2.98. The number of hydrogen-bond acceptors (Lipinski definition) is 2.